The average molecular weight is 671 g/mol. The van der Waals surface area contributed by atoms with E-state index in [1.807, 2.05) is 32.0 Å². The van der Waals surface area contributed by atoms with Gasteiger partial charge in [-0.3, -0.25) is 4.79 Å². The van der Waals surface area contributed by atoms with Crippen molar-refractivity contribution in [1.82, 2.24) is 18.8 Å². The molecule has 2 heterocycles. The SMILES string of the molecule is C[C@@H]1CCCCO[C@@H](CN(C)S(=O)(=O)c2cn(C)cn2)[C@@H](C)CN([C@H](C)CO)C(=O)c2cc(NC(=O)Nc3ccccc3)ccc2O1. The Bertz CT molecular complexity index is 1600. The predicted molar refractivity (Wildman–Crippen MR) is 179 cm³/mol. The normalized spacial score (nSPS) is 20.5. The number of nitrogens with zero attached hydrogens (tertiary/aromatic N) is 4. The number of hydrogen-bond donors (Lipinski definition) is 3. The number of benzene rings is 2. The van der Waals surface area contributed by atoms with Gasteiger partial charge in [-0.15, -0.1) is 0 Å². The smallest absolute Gasteiger partial charge is 0.323 e. The van der Waals surface area contributed by atoms with Crippen LogP contribution in [0.3, 0.4) is 0 Å². The van der Waals surface area contributed by atoms with Gasteiger partial charge in [0, 0.05) is 57.3 Å². The zero-order chi connectivity index (χ0) is 34.1. The van der Waals surface area contributed by atoms with Gasteiger partial charge in [-0.1, -0.05) is 25.1 Å². The molecule has 0 saturated carbocycles. The second-order valence-electron chi connectivity index (χ2n) is 12.1. The molecule has 3 amide bonds. The molecular weight excluding hydrogens is 624 g/mol. The summed E-state index contributed by atoms with van der Waals surface area (Å²) in [4.78, 5) is 32.6. The number of carbonyl (C=O) groups excluding carboxylic acids is 2. The van der Waals surface area contributed by atoms with Crippen molar-refractivity contribution in [2.75, 3.05) is 44.0 Å². The van der Waals surface area contributed by atoms with E-state index < -0.39 is 34.1 Å². The number of anilines is 2. The van der Waals surface area contributed by atoms with Gasteiger partial charge in [0.2, 0.25) is 0 Å². The molecule has 13 nitrogen and oxygen atoms in total. The van der Waals surface area contributed by atoms with Crippen molar-refractivity contribution in [3.05, 3.63) is 66.6 Å². The van der Waals surface area contributed by atoms with E-state index in [0.717, 1.165) is 12.8 Å². The van der Waals surface area contributed by atoms with Crippen molar-refractivity contribution in [3.8, 4) is 5.75 Å². The van der Waals surface area contributed by atoms with Crippen molar-refractivity contribution in [2.24, 2.45) is 13.0 Å². The number of rotatable bonds is 8. The number of aliphatic hydroxyl groups excluding tert-OH is 1. The molecule has 0 fully saturated rings. The van der Waals surface area contributed by atoms with Crippen LogP contribution in [0.5, 0.6) is 5.75 Å². The second-order valence-corrected chi connectivity index (χ2v) is 14.1. The van der Waals surface area contributed by atoms with Gasteiger partial charge in [-0.2, -0.15) is 4.31 Å². The van der Waals surface area contributed by atoms with Gasteiger partial charge in [-0.25, -0.2) is 18.2 Å². The molecule has 2 aromatic carbocycles. The number of likely N-dealkylation sites (N-methyl/N-ethyl adjacent to an activating group) is 1. The summed E-state index contributed by atoms with van der Waals surface area (Å²) in [5.74, 6) is -0.373. The molecule has 0 bridgehead atoms. The van der Waals surface area contributed by atoms with E-state index >= 15 is 0 Å². The molecule has 0 spiro atoms. The first kappa shape index (κ1) is 35.9. The molecule has 3 N–H and O–H groups in total. The van der Waals surface area contributed by atoms with E-state index in [4.69, 9.17) is 9.47 Å². The van der Waals surface area contributed by atoms with Gasteiger partial charge in [0.15, 0.2) is 5.03 Å². The molecule has 1 aromatic heterocycles. The molecule has 0 unspecified atom stereocenters. The number of hydrogen-bond acceptors (Lipinski definition) is 8. The Kier molecular flexibility index (Phi) is 12.4. The number of nitrogens with one attached hydrogen (secondary N) is 2. The molecule has 14 heteroatoms. The maximum Gasteiger partial charge on any atom is 0.323 e. The number of fused-ring (bicyclic) bond motifs is 1. The Morgan fingerprint density at radius 3 is 2.53 bits per heavy atom. The maximum absolute atomic E-state index is 14.3. The number of imidazole rings is 1. The molecule has 1 aliphatic rings. The summed E-state index contributed by atoms with van der Waals surface area (Å²) in [5, 5.41) is 15.7. The van der Waals surface area contributed by atoms with Gasteiger partial charge in [0.1, 0.15) is 5.75 Å². The highest BCUT2D eigenvalue weighted by molar-refractivity contribution is 7.89. The predicted octanol–water partition coefficient (Wildman–Crippen LogP) is 4.18. The van der Waals surface area contributed by atoms with E-state index in [2.05, 4.69) is 15.6 Å². The number of amides is 3. The second kappa shape index (κ2) is 16.2. The lowest BCUT2D eigenvalue weighted by Crippen LogP contribution is -2.48. The van der Waals surface area contributed by atoms with Crippen molar-refractivity contribution in [3.63, 3.8) is 0 Å². The van der Waals surface area contributed by atoms with Crippen molar-refractivity contribution < 1.29 is 32.6 Å². The third-order valence-electron chi connectivity index (χ3n) is 8.13. The molecule has 0 saturated heterocycles. The van der Waals surface area contributed by atoms with E-state index in [1.54, 1.807) is 53.8 Å². The van der Waals surface area contributed by atoms with Gasteiger partial charge in [0.25, 0.3) is 15.9 Å². The zero-order valence-electron chi connectivity index (χ0n) is 27.6. The lowest BCUT2D eigenvalue weighted by molar-refractivity contribution is -0.00835. The van der Waals surface area contributed by atoms with Gasteiger partial charge < -0.3 is 34.7 Å². The first-order valence-electron chi connectivity index (χ1n) is 15.8. The van der Waals surface area contributed by atoms with Crippen LogP contribution in [0.2, 0.25) is 0 Å². The Morgan fingerprint density at radius 1 is 1.13 bits per heavy atom. The highest BCUT2D eigenvalue weighted by atomic mass is 32.2. The van der Waals surface area contributed by atoms with Crippen LogP contribution < -0.4 is 15.4 Å². The summed E-state index contributed by atoms with van der Waals surface area (Å²) < 4.78 is 41.9. The fraction of sp³-hybridized carbons (Fsp3) is 0.485. The van der Waals surface area contributed by atoms with E-state index in [-0.39, 0.29) is 42.3 Å². The van der Waals surface area contributed by atoms with Crippen LogP contribution in [0, 0.1) is 5.92 Å². The summed E-state index contributed by atoms with van der Waals surface area (Å²) in [5.41, 5.74) is 1.23. The number of para-hydroxylation sites is 1. The molecule has 0 radical (unpaired) electrons. The number of ether oxygens (including phenoxy) is 2. The zero-order valence-corrected chi connectivity index (χ0v) is 28.4. The fourth-order valence-corrected chi connectivity index (χ4v) is 6.45. The Labute approximate surface area is 276 Å². The number of urea groups is 1. The summed E-state index contributed by atoms with van der Waals surface area (Å²) in [6.07, 6.45) is 4.31. The van der Waals surface area contributed by atoms with Crippen LogP contribution in [0.1, 0.15) is 50.4 Å². The highest BCUT2D eigenvalue weighted by Crippen LogP contribution is 2.29. The average Bonchev–Trinajstić information content (AvgIpc) is 3.49. The summed E-state index contributed by atoms with van der Waals surface area (Å²) in [6, 6.07) is 12.9. The summed E-state index contributed by atoms with van der Waals surface area (Å²) in [6.45, 7) is 5.85. The summed E-state index contributed by atoms with van der Waals surface area (Å²) in [7, 11) is -0.696. The third-order valence-corrected chi connectivity index (χ3v) is 9.84. The van der Waals surface area contributed by atoms with Gasteiger partial charge in [0.05, 0.1) is 36.7 Å². The van der Waals surface area contributed by atoms with Gasteiger partial charge >= 0.3 is 6.03 Å². The first-order valence-corrected chi connectivity index (χ1v) is 17.2. The van der Waals surface area contributed by atoms with Crippen LogP contribution in [-0.4, -0.2) is 95.8 Å². The van der Waals surface area contributed by atoms with Crippen molar-refractivity contribution in [2.45, 2.75) is 63.3 Å². The number of aryl methyl sites for hydroxylation is 1. The molecule has 4 atom stereocenters. The molecule has 0 aliphatic carbocycles. The molecule has 256 valence electrons. The third kappa shape index (κ3) is 9.53. The fourth-order valence-electron chi connectivity index (χ4n) is 5.31. The molecule has 1 aliphatic heterocycles. The number of aliphatic hydroxyl groups is 1. The van der Waals surface area contributed by atoms with Crippen LogP contribution in [0.15, 0.2) is 66.1 Å². The van der Waals surface area contributed by atoms with Gasteiger partial charge in [-0.05, 0) is 63.4 Å². The maximum atomic E-state index is 14.3. The van der Waals surface area contributed by atoms with Crippen LogP contribution in [0.4, 0.5) is 16.2 Å². The molecule has 4 rings (SSSR count). The number of carbonyl (C=O) groups is 2. The van der Waals surface area contributed by atoms with Crippen LogP contribution in [-0.2, 0) is 21.8 Å². The largest absolute Gasteiger partial charge is 0.490 e. The Balaban J connectivity index is 1.62. The minimum atomic E-state index is -3.88. The standard InChI is InChI=1S/C33H46N6O7S/c1-23-18-39(24(2)21-40)32(41)28-17-27(36-33(42)35-26-12-7-6-8-13-26)14-15-29(28)46-25(3)11-9-10-16-45-30(23)19-38(5)47(43,44)31-20-37(4)22-34-31/h6-8,12-15,17,20,22-25,30,40H,9-11,16,18-19,21H2,1-5H3,(H2,35,36,42)/t23-,24+,25+,30-/m0/s1. The van der Waals surface area contributed by atoms with E-state index in [1.165, 1.54) is 23.9 Å². The monoisotopic (exact) mass is 670 g/mol. The van der Waals surface area contributed by atoms with E-state index in [9.17, 15) is 23.1 Å². The van der Waals surface area contributed by atoms with E-state index in [0.29, 0.717) is 30.2 Å². The van der Waals surface area contributed by atoms with Crippen LogP contribution >= 0.6 is 0 Å². The molecular formula is C33H46N6O7S. The topological polar surface area (TPSA) is 155 Å². The summed E-state index contributed by atoms with van der Waals surface area (Å²) >= 11 is 0. The lowest BCUT2D eigenvalue weighted by atomic mass is 10.0. The van der Waals surface area contributed by atoms with Crippen LogP contribution in [0.25, 0.3) is 0 Å². The first-order chi connectivity index (χ1) is 22.4. The minimum Gasteiger partial charge on any atom is -0.490 e. The number of aromatic nitrogens is 2. The highest BCUT2D eigenvalue weighted by Gasteiger charge is 2.33. The Hall–Kier alpha value is -3.98. The minimum absolute atomic E-state index is 0.0380. The quantitative estimate of drug-likeness (QED) is 0.323. The van der Waals surface area contributed by atoms with Crippen molar-refractivity contribution in [1.29, 1.82) is 0 Å². The number of sulfonamides is 1. The Morgan fingerprint density at radius 2 is 1.85 bits per heavy atom. The molecule has 47 heavy (non-hydrogen) atoms. The lowest BCUT2D eigenvalue weighted by Gasteiger charge is -2.35. The molecule has 3 aromatic rings. The van der Waals surface area contributed by atoms with Crippen molar-refractivity contribution >= 4 is 33.3 Å².